The number of nitrogens with two attached hydrogens (primary N) is 1. The average Bonchev–Trinajstić information content (AvgIpc) is 3.19. The monoisotopic (exact) mass is 406 g/mol. The highest BCUT2D eigenvalue weighted by molar-refractivity contribution is 5.89. The van der Waals surface area contributed by atoms with E-state index >= 15 is 0 Å². The number of hydrogen-bond acceptors (Lipinski definition) is 6. The van der Waals surface area contributed by atoms with Gasteiger partial charge in [0.1, 0.15) is 17.7 Å². The van der Waals surface area contributed by atoms with Crippen molar-refractivity contribution in [3.05, 3.63) is 71.2 Å². The molecule has 8 heteroatoms. The van der Waals surface area contributed by atoms with Gasteiger partial charge in [-0.3, -0.25) is 0 Å². The minimum atomic E-state index is -0.488. The fourth-order valence-corrected chi connectivity index (χ4v) is 3.65. The molecule has 154 valence electrons. The molecule has 4 rings (SSSR count). The number of allylic oxidation sites excluding steroid dienone is 1. The number of aromatic nitrogens is 3. The van der Waals surface area contributed by atoms with E-state index < -0.39 is 6.10 Å². The van der Waals surface area contributed by atoms with Crippen LogP contribution in [-0.4, -0.2) is 27.3 Å². The van der Waals surface area contributed by atoms with Crippen LogP contribution in [0.15, 0.2) is 48.4 Å². The minimum absolute atomic E-state index is 0.246. The summed E-state index contributed by atoms with van der Waals surface area (Å²) < 4.78 is 22.1. The van der Waals surface area contributed by atoms with Crippen LogP contribution in [-0.2, 0) is 6.42 Å². The average molecular weight is 406 g/mol. The highest BCUT2D eigenvalue weighted by Gasteiger charge is 2.21. The first-order valence-corrected chi connectivity index (χ1v) is 9.74. The number of hydrogen-bond donors (Lipinski definition) is 3. The van der Waals surface area contributed by atoms with Crippen molar-refractivity contribution < 1.29 is 9.13 Å². The van der Waals surface area contributed by atoms with Crippen molar-refractivity contribution in [1.29, 1.82) is 5.41 Å². The van der Waals surface area contributed by atoms with Gasteiger partial charge in [-0.25, -0.2) is 14.4 Å². The summed E-state index contributed by atoms with van der Waals surface area (Å²) >= 11 is 0. The Kier molecular flexibility index (Phi) is 5.22. The number of pyridine rings is 1. The third-order valence-corrected chi connectivity index (χ3v) is 5.08. The predicted molar refractivity (Wildman–Crippen MR) is 114 cm³/mol. The Morgan fingerprint density at radius 1 is 1.37 bits per heavy atom. The SMILES string of the molecule is CCN/C1=C(\C=N)Cc2nccn2-c2ccc(F)cc2[C@@H](C)Oc2cc1cnc2N. The predicted octanol–water partition coefficient (Wildman–Crippen LogP) is 3.65. The first kappa shape index (κ1) is 19.6. The molecular formula is C22H23FN6O. The van der Waals surface area contributed by atoms with Crippen LogP contribution >= 0.6 is 0 Å². The Morgan fingerprint density at radius 3 is 2.97 bits per heavy atom. The molecule has 1 aliphatic heterocycles. The van der Waals surface area contributed by atoms with Crippen LogP contribution in [0.4, 0.5) is 10.2 Å². The molecule has 7 nitrogen and oxygen atoms in total. The summed E-state index contributed by atoms with van der Waals surface area (Å²) in [6, 6.07) is 6.38. The maximum Gasteiger partial charge on any atom is 0.166 e. The largest absolute Gasteiger partial charge is 0.482 e. The van der Waals surface area contributed by atoms with Gasteiger partial charge in [-0.2, -0.15) is 0 Å². The highest BCUT2D eigenvalue weighted by Crippen LogP contribution is 2.33. The van der Waals surface area contributed by atoms with Gasteiger partial charge in [0, 0.05) is 60.2 Å². The Labute approximate surface area is 173 Å². The number of rotatable bonds is 3. The van der Waals surface area contributed by atoms with Crippen LogP contribution in [0, 0.1) is 11.2 Å². The zero-order chi connectivity index (χ0) is 21.3. The van der Waals surface area contributed by atoms with E-state index in [1.807, 2.05) is 24.6 Å². The van der Waals surface area contributed by atoms with Gasteiger partial charge in [0.2, 0.25) is 0 Å². The van der Waals surface area contributed by atoms with E-state index in [1.54, 1.807) is 24.5 Å². The van der Waals surface area contributed by atoms with E-state index in [1.165, 1.54) is 18.3 Å². The molecule has 3 heterocycles. The molecule has 30 heavy (non-hydrogen) atoms. The van der Waals surface area contributed by atoms with Crippen LogP contribution in [0.1, 0.15) is 36.9 Å². The lowest BCUT2D eigenvalue weighted by Gasteiger charge is -2.23. The Balaban J connectivity index is 2.00. The molecule has 4 N–H and O–H groups in total. The molecule has 2 bridgehead atoms. The number of nitrogens with zero attached hydrogens (tertiary/aromatic N) is 3. The second kappa shape index (κ2) is 7.98. The molecular weight excluding hydrogens is 383 g/mol. The number of ether oxygens (including phenoxy) is 1. The molecule has 1 atom stereocenters. The number of imidazole rings is 1. The third kappa shape index (κ3) is 3.52. The summed E-state index contributed by atoms with van der Waals surface area (Å²) in [4.78, 5) is 8.78. The summed E-state index contributed by atoms with van der Waals surface area (Å²) in [5.74, 6) is 1.03. The van der Waals surface area contributed by atoms with Gasteiger partial charge in [-0.1, -0.05) is 0 Å². The second-order valence-corrected chi connectivity index (χ2v) is 7.04. The maximum absolute atomic E-state index is 14.1. The molecule has 0 radical (unpaired) electrons. The van der Waals surface area contributed by atoms with Gasteiger partial charge in [0.15, 0.2) is 11.6 Å². The van der Waals surface area contributed by atoms with Gasteiger partial charge < -0.3 is 25.8 Å². The molecule has 0 saturated heterocycles. The molecule has 1 aromatic carbocycles. The molecule has 0 unspecified atom stereocenters. The third-order valence-electron chi connectivity index (χ3n) is 5.08. The fraction of sp³-hybridized carbons (Fsp3) is 0.227. The minimum Gasteiger partial charge on any atom is -0.482 e. The number of anilines is 1. The van der Waals surface area contributed by atoms with Crippen LogP contribution in [0.2, 0.25) is 0 Å². The molecule has 0 spiro atoms. The summed E-state index contributed by atoms with van der Waals surface area (Å²) in [7, 11) is 0. The van der Waals surface area contributed by atoms with Crippen molar-refractivity contribution >= 4 is 17.7 Å². The van der Waals surface area contributed by atoms with Gasteiger partial charge >= 0.3 is 0 Å². The maximum atomic E-state index is 14.1. The molecule has 0 saturated carbocycles. The lowest BCUT2D eigenvalue weighted by Crippen LogP contribution is -2.18. The quantitative estimate of drug-likeness (QED) is 0.576. The smallest absolute Gasteiger partial charge is 0.166 e. The first-order valence-electron chi connectivity index (χ1n) is 9.74. The number of nitrogens with one attached hydrogen (secondary N) is 2. The van der Waals surface area contributed by atoms with Gasteiger partial charge in [0.05, 0.1) is 5.69 Å². The Morgan fingerprint density at radius 2 is 2.20 bits per heavy atom. The van der Waals surface area contributed by atoms with Crippen molar-refractivity contribution in [3.8, 4) is 11.4 Å². The van der Waals surface area contributed by atoms with E-state index in [4.69, 9.17) is 15.9 Å². The second-order valence-electron chi connectivity index (χ2n) is 7.04. The van der Waals surface area contributed by atoms with Gasteiger partial charge in [0.25, 0.3) is 0 Å². The van der Waals surface area contributed by atoms with Crippen molar-refractivity contribution in [2.24, 2.45) is 0 Å². The molecule has 2 aromatic heterocycles. The number of halogens is 1. The van der Waals surface area contributed by atoms with Crippen molar-refractivity contribution in [2.75, 3.05) is 12.3 Å². The molecule has 0 aliphatic carbocycles. The van der Waals surface area contributed by atoms with E-state index in [0.717, 1.165) is 28.3 Å². The molecule has 3 aromatic rings. The van der Waals surface area contributed by atoms with Crippen LogP contribution < -0.4 is 15.8 Å². The number of fused-ring (bicyclic) bond motifs is 5. The molecule has 0 fully saturated rings. The lowest BCUT2D eigenvalue weighted by atomic mass is 10.0. The van der Waals surface area contributed by atoms with Gasteiger partial charge in [-0.15, -0.1) is 0 Å². The van der Waals surface area contributed by atoms with E-state index in [9.17, 15) is 4.39 Å². The number of benzene rings is 1. The highest BCUT2D eigenvalue weighted by atomic mass is 19.1. The van der Waals surface area contributed by atoms with E-state index in [2.05, 4.69) is 15.3 Å². The fourth-order valence-electron chi connectivity index (χ4n) is 3.65. The molecule has 1 aliphatic rings. The summed E-state index contributed by atoms with van der Waals surface area (Å²) in [5, 5.41) is 11.4. The summed E-state index contributed by atoms with van der Waals surface area (Å²) in [5.41, 5.74) is 9.74. The zero-order valence-electron chi connectivity index (χ0n) is 16.8. The van der Waals surface area contributed by atoms with E-state index in [0.29, 0.717) is 24.3 Å². The Hall–Kier alpha value is -3.68. The normalized spacial score (nSPS) is 18.3. The summed E-state index contributed by atoms with van der Waals surface area (Å²) in [6.07, 6.45) is 6.41. The lowest BCUT2D eigenvalue weighted by molar-refractivity contribution is 0.226. The van der Waals surface area contributed by atoms with Crippen LogP contribution in [0.5, 0.6) is 5.75 Å². The first-order chi connectivity index (χ1) is 14.5. The number of nitrogen functional groups attached to an aromatic ring is 1. The standard InChI is InChI=1S/C22H23FN6O/c1-3-26-21-14(11-24)9-20-27-6-7-29(20)18-5-4-16(23)10-17(18)13(2)30-19-8-15(21)12-28-22(19)25/h4-8,10-13,24,26H,3,9H2,1-2H3,(H2,25,28)/b21-14-,24-11?/t13-/m1/s1. The van der Waals surface area contributed by atoms with E-state index in [-0.39, 0.29) is 11.6 Å². The van der Waals surface area contributed by atoms with Crippen molar-refractivity contribution in [1.82, 2.24) is 19.9 Å². The van der Waals surface area contributed by atoms with Crippen molar-refractivity contribution in [2.45, 2.75) is 26.4 Å². The van der Waals surface area contributed by atoms with Crippen LogP contribution in [0.3, 0.4) is 0 Å². The Bertz CT molecular complexity index is 1140. The molecule has 0 amide bonds. The summed E-state index contributed by atoms with van der Waals surface area (Å²) in [6.45, 7) is 4.50. The van der Waals surface area contributed by atoms with Crippen molar-refractivity contribution in [3.63, 3.8) is 0 Å². The zero-order valence-corrected chi connectivity index (χ0v) is 16.8. The topological polar surface area (TPSA) is 102 Å². The van der Waals surface area contributed by atoms with Gasteiger partial charge in [-0.05, 0) is 38.1 Å². The van der Waals surface area contributed by atoms with Crippen LogP contribution in [0.25, 0.3) is 11.4 Å².